The van der Waals surface area contributed by atoms with E-state index in [2.05, 4.69) is 28.3 Å². The van der Waals surface area contributed by atoms with Gasteiger partial charge in [-0.2, -0.15) is 20.3 Å². The zero-order valence-corrected chi connectivity index (χ0v) is 20.7. The summed E-state index contributed by atoms with van der Waals surface area (Å²) in [5.74, 6) is 0.721. The molecule has 8 nitrogen and oxygen atoms in total. The monoisotopic (exact) mass is 484 g/mol. The van der Waals surface area contributed by atoms with Crippen molar-refractivity contribution in [1.82, 2.24) is 24.8 Å². The molecule has 0 unspecified atom stereocenters. The minimum Gasteiger partial charge on any atom is -0.417 e. The molecule has 0 saturated heterocycles. The molecule has 0 atom stereocenters. The Morgan fingerprint density at radius 1 is 1.09 bits per heavy atom. The standard InChI is InChI=1S/C26H24N6O2S/c1-5-19-10-9-11-20(14-19)32-28-16-23(30-32)22(15-27)25(24-17(2)18(3)29-31(24)4)34-26(35)33-21-12-7-6-8-13-21/h6-14,16H,5H2,1-4H3. The van der Waals surface area contributed by atoms with Gasteiger partial charge in [-0.25, -0.2) is 0 Å². The number of para-hydroxylation sites is 1. The van der Waals surface area contributed by atoms with Crippen LogP contribution in [-0.4, -0.2) is 30.0 Å². The van der Waals surface area contributed by atoms with Crippen molar-refractivity contribution in [3.63, 3.8) is 0 Å². The van der Waals surface area contributed by atoms with Gasteiger partial charge >= 0.3 is 5.24 Å². The van der Waals surface area contributed by atoms with Gasteiger partial charge in [-0.1, -0.05) is 37.3 Å². The van der Waals surface area contributed by atoms with E-state index >= 15 is 0 Å². The maximum atomic E-state index is 10.2. The first-order chi connectivity index (χ1) is 16.9. The molecule has 0 aliphatic heterocycles. The van der Waals surface area contributed by atoms with Crippen molar-refractivity contribution in [2.75, 3.05) is 0 Å². The van der Waals surface area contributed by atoms with Crippen LogP contribution in [0.15, 0.2) is 60.8 Å². The molecule has 0 spiro atoms. The van der Waals surface area contributed by atoms with Gasteiger partial charge in [0, 0.05) is 24.8 Å². The average Bonchev–Trinajstić information content (AvgIpc) is 3.44. The van der Waals surface area contributed by atoms with Crippen LogP contribution in [0.2, 0.25) is 0 Å². The van der Waals surface area contributed by atoms with Crippen LogP contribution in [0.1, 0.15) is 35.1 Å². The molecule has 0 aliphatic rings. The van der Waals surface area contributed by atoms with E-state index in [1.165, 1.54) is 11.0 Å². The molecule has 2 aromatic heterocycles. The first-order valence-electron chi connectivity index (χ1n) is 11.0. The zero-order valence-electron chi connectivity index (χ0n) is 19.9. The number of nitriles is 1. The van der Waals surface area contributed by atoms with Crippen LogP contribution in [0.3, 0.4) is 0 Å². The molecule has 35 heavy (non-hydrogen) atoms. The van der Waals surface area contributed by atoms with Crippen LogP contribution in [0.5, 0.6) is 5.75 Å². The fourth-order valence-corrected chi connectivity index (χ4v) is 3.79. The fraction of sp³-hybridized carbons (Fsp3) is 0.192. The second-order valence-electron chi connectivity index (χ2n) is 7.81. The maximum Gasteiger partial charge on any atom is 0.363 e. The highest BCUT2D eigenvalue weighted by Crippen LogP contribution is 2.30. The van der Waals surface area contributed by atoms with Crippen molar-refractivity contribution in [2.24, 2.45) is 7.05 Å². The Labute approximate surface area is 209 Å². The second-order valence-corrected chi connectivity index (χ2v) is 8.14. The van der Waals surface area contributed by atoms with Crippen LogP contribution < -0.4 is 4.74 Å². The van der Waals surface area contributed by atoms with E-state index in [1.807, 2.05) is 56.3 Å². The van der Waals surface area contributed by atoms with E-state index in [0.717, 1.165) is 28.9 Å². The van der Waals surface area contributed by atoms with Gasteiger partial charge in [-0.05, 0) is 50.1 Å². The Hall–Kier alpha value is -4.29. The Morgan fingerprint density at radius 3 is 2.51 bits per heavy atom. The molecule has 176 valence electrons. The quantitative estimate of drug-likeness (QED) is 0.217. The van der Waals surface area contributed by atoms with Crippen LogP contribution in [0.4, 0.5) is 0 Å². The van der Waals surface area contributed by atoms with E-state index in [1.54, 1.807) is 23.9 Å². The third-order valence-electron chi connectivity index (χ3n) is 5.50. The van der Waals surface area contributed by atoms with Crippen LogP contribution in [-0.2, 0) is 18.2 Å². The fourth-order valence-electron chi connectivity index (χ4n) is 3.62. The lowest BCUT2D eigenvalue weighted by atomic mass is 10.1. The van der Waals surface area contributed by atoms with Gasteiger partial charge in [0.25, 0.3) is 0 Å². The highest BCUT2D eigenvalue weighted by molar-refractivity contribution is 7.79. The summed E-state index contributed by atoms with van der Waals surface area (Å²) in [5, 5.41) is 23.5. The summed E-state index contributed by atoms with van der Waals surface area (Å²) >= 11 is 5.37. The van der Waals surface area contributed by atoms with Crippen molar-refractivity contribution in [3.8, 4) is 17.5 Å². The summed E-state index contributed by atoms with van der Waals surface area (Å²) in [6.07, 6.45) is 2.42. The molecular weight excluding hydrogens is 460 g/mol. The first kappa shape index (κ1) is 23.9. The number of benzene rings is 2. The van der Waals surface area contributed by atoms with E-state index < -0.39 is 0 Å². The minimum absolute atomic E-state index is 0.153. The number of hydrogen-bond acceptors (Lipinski definition) is 7. The number of hydrogen-bond donors (Lipinski definition) is 0. The van der Waals surface area contributed by atoms with E-state index in [-0.39, 0.29) is 16.6 Å². The lowest BCUT2D eigenvalue weighted by molar-refractivity contribution is 0.376. The summed E-state index contributed by atoms with van der Waals surface area (Å²) in [4.78, 5) is 1.49. The molecule has 0 amide bonds. The summed E-state index contributed by atoms with van der Waals surface area (Å²) in [6, 6.07) is 19.2. The zero-order chi connectivity index (χ0) is 24.9. The molecule has 0 aliphatic carbocycles. The predicted molar refractivity (Wildman–Crippen MR) is 137 cm³/mol. The second kappa shape index (κ2) is 10.3. The number of aromatic nitrogens is 5. The van der Waals surface area contributed by atoms with Gasteiger partial charge in [0.1, 0.15) is 28.8 Å². The van der Waals surface area contributed by atoms with Crippen molar-refractivity contribution < 1.29 is 9.47 Å². The van der Waals surface area contributed by atoms with Crippen LogP contribution >= 0.6 is 12.2 Å². The molecule has 0 fully saturated rings. The highest BCUT2D eigenvalue weighted by Gasteiger charge is 2.25. The third-order valence-corrected chi connectivity index (χ3v) is 5.67. The molecule has 0 N–H and O–H groups in total. The molecule has 4 aromatic rings. The molecule has 2 heterocycles. The number of nitrogens with zero attached hydrogens (tertiary/aromatic N) is 6. The van der Waals surface area contributed by atoms with Crippen molar-refractivity contribution in [3.05, 3.63) is 89.0 Å². The Morgan fingerprint density at radius 2 is 1.86 bits per heavy atom. The summed E-state index contributed by atoms with van der Waals surface area (Å²) in [6.45, 7) is 5.88. The topological polar surface area (TPSA) is 90.8 Å². The number of ether oxygens (including phenoxy) is 2. The van der Waals surface area contributed by atoms with Crippen molar-refractivity contribution >= 4 is 28.8 Å². The lowest BCUT2D eigenvalue weighted by Gasteiger charge is -2.14. The summed E-state index contributed by atoms with van der Waals surface area (Å²) in [5.41, 5.74) is 4.70. The van der Waals surface area contributed by atoms with E-state index in [4.69, 9.17) is 21.7 Å². The van der Waals surface area contributed by atoms with Gasteiger partial charge in [-0.15, -0.1) is 5.10 Å². The molecule has 0 saturated carbocycles. The average molecular weight is 485 g/mol. The number of thiocarbonyl (C=S) groups is 1. The smallest absolute Gasteiger partial charge is 0.363 e. The van der Waals surface area contributed by atoms with Crippen LogP contribution in [0.25, 0.3) is 17.0 Å². The van der Waals surface area contributed by atoms with Gasteiger partial charge < -0.3 is 9.47 Å². The van der Waals surface area contributed by atoms with Gasteiger partial charge in [-0.3, -0.25) is 4.68 Å². The minimum atomic E-state index is -0.153. The summed E-state index contributed by atoms with van der Waals surface area (Å²) < 4.78 is 13.3. The van der Waals surface area contributed by atoms with E-state index in [0.29, 0.717) is 17.1 Å². The molecule has 0 radical (unpaired) electrons. The van der Waals surface area contributed by atoms with Gasteiger partial charge in [0.05, 0.1) is 17.6 Å². The molecule has 4 rings (SSSR count). The molecule has 2 aromatic carbocycles. The molecule has 9 heteroatoms. The highest BCUT2D eigenvalue weighted by atomic mass is 32.1. The Bertz CT molecular complexity index is 1450. The Kier molecular flexibility index (Phi) is 7.03. The molecular formula is C26H24N6O2S. The van der Waals surface area contributed by atoms with Crippen LogP contribution in [0, 0.1) is 25.2 Å². The SMILES string of the molecule is CCc1cccc(-n2ncc(C(C#N)=C(OC(=S)Oc3ccccc3)c3c(C)c(C)nn3C)n2)c1. The van der Waals surface area contributed by atoms with E-state index in [9.17, 15) is 5.26 Å². The number of aryl methyl sites for hydroxylation is 3. The third kappa shape index (κ3) is 5.13. The van der Waals surface area contributed by atoms with Crippen molar-refractivity contribution in [2.45, 2.75) is 27.2 Å². The summed E-state index contributed by atoms with van der Waals surface area (Å²) in [7, 11) is 1.78. The predicted octanol–water partition coefficient (Wildman–Crippen LogP) is 4.95. The number of allylic oxidation sites excluding steroid dienone is 1. The van der Waals surface area contributed by atoms with Gasteiger partial charge in [0.15, 0.2) is 5.76 Å². The molecule has 0 bridgehead atoms. The van der Waals surface area contributed by atoms with Crippen molar-refractivity contribution in [1.29, 1.82) is 5.26 Å². The first-order valence-corrected chi connectivity index (χ1v) is 11.4. The number of rotatable bonds is 6. The lowest BCUT2D eigenvalue weighted by Crippen LogP contribution is -2.13. The largest absolute Gasteiger partial charge is 0.417 e. The normalized spacial score (nSPS) is 11.5. The van der Waals surface area contributed by atoms with Gasteiger partial charge in [0.2, 0.25) is 0 Å². The maximum absolute atomic E-state index is 10.2. The Balaban J connectivity index is 1.79.